The largest absolute Gasteiger partial charge is 0.353 e. The van der Waals surface area contributed by atoms with Crippen LogP contribution in [0.25, 0.3) is 0 Å². The Bertz CT molecular complexity index is 519. The smallest absolute Gasteiger partial charge is 0.270 e. The minimum Gasteiger partial charge on any atom is -0.353 e. The summed E-state index contributed by atoms with van der Waals surface area (Å²) in [5, 5.41) is 6.15. The van der Waals surface area contributed by atoms with Gasteiger partial charge in [0.15, 0.2) is 0 Å². The summed E-state index contributed by atoms with van der Waals surface area (Å²) in [6.45, 7) is 0. The van der Waals surface area contributed by atoms with Gasteiger partial charge in [-0.05, 0) is 50.7 Å². The van der Waals surface area contributed by atoms with E-state index >= 15 is 0 Å². The first-order valence-electron chi connectivity index (χ1n) is 7.12. The summed E-state index contributed by atoms with van der Waals surface area (Å²) in [4.78, 5) is 27.2. The molecule has 0 aromatic carbocycles. The van der Waals surface area contributed by atoms with Gasteiger partial charge in [0.2, 0.25) is 6.41 Å². The van der Waals surface area contributed by atoms with Crippen molar-refractivity contribution >= 4 is 12.3 Å². The SMILES string of the molecule is O=CN[C@]12CCC[C@](NC(=O)c3ccccn3)(CC1)C2. The molecule has 2 fully saturated rings. The number of hydrogen-bond acceptors (Lipinski definition) is 3. The summed E-state index contributed by atoms with van der Waals surface area (Å²) in [5.41, 5.74) is 0.161. The van der Waals surface area contributed by atoms with Gasteiger partial charge in [-0.25, -0.2) is 0 Å². The Morgan fingerprint density at radius 2 is 2.00 bits per heavy atom. The molecule has 5 nitrogen and oxygen atoms in total. The Balaban J connectivity index is 1.74. The van der Waals surface area contributed by atoms with Crippen LogP contribution >= 0.6 is 0 Å². The van der Waals surface area contributed by atoms with Gasteiger partial charge < -0.3 is 10.6 Å². The minimum absolute atomic E-state index is 0.114. The highest BCUT2D eigenvalue weighted by molar-refractivity contribution is 5.92. The second-order valence-corrected chi connectivity index (χ2v) is 6.02. The Kier molecular flexibility index (Phi) is 3.20. The zero-order chi connectivity index (χ0) is 14.1. The fourth-order valence-corrected chi connectivity index (χ4v) is 3.79. The van der Waals surface area contributed by atoms with Crippen LogP contribution in [-0.4, -0.2) is 28.4 Å². The first-order valence-corrected chi connectivity index (χ1v) is 7.12. The van der Waals surface area contributed by atoms with Gasteiger partial charge in [0, 0.05) is 17.3 Å². The third-order valence-electron chi connectivity index (χ3n) is 4.71. The van der Waals surface area contributed by atoms with Crippen LogP contribution in [0.15, 0.2) is 24.4 Å². The summed E-state index contributed by atoms with van der Waals surface area (Å²) >= 11 is 0. The Morgan fingerprint density at radius 1 is 1.20 bits per heavy atom. The molecule has 1 aromatic heterocycles. The zero-order valence-corrected chi connectivity index (χ0v) is 11.4. The predicted octanol–water partition coefficient (Wildman–Crippen LogP) is 1.40. The van der Waals surface area contributed by atoms with E-state index in [4.69, 9.17) is 0 Å². The van der Waals surface area contributed by atoms with Crippen LogP contribution in [0.4, 0.5) is 0 Å². The van der Waals surface area contributed by atoms with Crippen molar-refractivity contribution in [2.45, 2.75) is 49.6 Å². The average molecular weight is 273 g/mol. The zero-order valence-electron chi connectivity index (χ0n) is 11.4. The molecule has 106 valence electrons. The molecule has 5 heteroatoms. The third kappa shape index (κ3) is 2.28. The number of nitrogens with zero attached hydrogens (tertiary/aromatic N) is 1. The normalized spacial score (nSPS) is 31.6. The second kappa shape index (κ2) is 4.89. The fraction of sp³-hybridized carbons (Fsp3) is 0.533. The fourth-order valence-electron chi connectivity index (χ4n) is 3.79. The van der Waals surface area contributed by atoms with Crippen LogP contribution in [-0.2, 0) is 4.79 Å². The van der Waals surface area contributed by atoms with Crippen molar-refractivity contribution in [3.63, 3.8) is 0 Å². The van der Waals surface area contributed by atoms with E-state index in [-0.39, 0.29) is 17.0 Å². The molecule has 0 radical (unpaired) electrons. The van der Waals surface area contributed by atoms with E-state index in [0.717, 1.165) is 44.9 Å². The van der Waals surface area contributed by atoms with Crippen molar-refractivity contribution in [3.8, 4) is 0 Å². The highest BCUT2D eigenvalue weighted by atomic mass is 16.2. The lowest BCUT2D eigenvalue weighted by Crippen LogP contribution is -2.53. The summed E-state index contributed by atoms with van der Waals surface area (Å²) in [7, 11) is 0. The predicted molar refractivity (Wildman–Crippen MR) is 74.1 cm³/mol. The maximum Gasteiger partial charge on any atom is 0.270 e. The molecule has 1 heterocycles. The molecule has 2 aliphatic carbocycles. The number of aromatic nitrogens is 1. The van der Waals surface area contributed by atoms with Gasteiger partial charge in [-0.3, -0.25) is 14.6 Å². The number of rotatable bonds is 4. The lowest BCUT2D eigenvalue weighted by Gasteiger charge is -2.39. The van der Waals surface area contributed by atoms with Crippen molar-refractivity contribution < 1.29 is 9.59 Å². The molecule has 0 saturated heterocycles. The third-order valence-corrected chi connectivity index (χ3v) is 4.71. The van der Waals surface area contributed by atoms with Gasteiger partial charge >= 0.3 is 0 Å². The molecule has 2 saturated carbocycles. The molecule has 2 bridgehead atoms. The van der Waals surface area contributed by atoms with Gasteiger partial charge in [0.05, 0.1) is 0 Å². The van der Waals surface area contributed by atoms with Crippen LogP contribution in [0.2, 0.25) is 0 Å². The van der Waals surface area contributed by atoms with Crippen LogP contribution in [0.5, 0.6) is 0 Å². The molecule has 2 amide bonds. The number of pyridine rings is 1. The van der Waals surface area contributed by atoms with E-state index in [1.807, 2.05) is 6.07 Å². The molecule has 3 rings (SSSR count). The van der Waals surface area contributed by atoms with Gasteiger partial charge in [0.25, 0.3) is 5.91 Å². The molecule has 20 heavy (non-hydrogen) atoms. The Hall–Kier alpha value is -1.91. The van der Waals surface area contributed by atoms with Crippen LogP contribution in [0.3, 0.4) is 0 Å². The van der Waals surface area contributed by atoms with Crippen molar-refractivity contribution in [3.05, 3.63) is 30.1 Å². The van der Waals surface area contributed by atoms with E-state index in [2.05, 4.69) is 15.6 Å². The molecular weight excluding hydrogens is 254 g/mol. The number of fused-ring (bicyclic) bond motifs is 2. The van der Waals surface area contributed by atoms with E-state index in [0.29, 0.717) is 5.69 Å². The number of amides is 2. The second-order valence-electron chi connectivity index (χ2n) is 6.02. The van der Waals surface area contributed by atoms with Crippen molar-refractivity contribution in [2.75, 3.05) is 0 Å². The summed E-state index contributed by atoms with van der Waals surface area (Å²) < 4.78 is 0. The number of nitrogens with one attached hydrogen (secondary N) is 2. The molecule has 0 aliphatic heterocycles. The van der Waals surface area contributed by atoms with Crippen LogP contribution < -0.4 is 10.6 Å². The van der Waals surface area contributed by atoms with E-state index in [1.54, 1.807) is 18.3 Å². The topological polar surface area (TPSA) is 71.1 Å². The molecule has 0 spiro atoms. The maximum absolute atomic E-state index is 12.3. The quantitative estimate of drug-likeness (QED) is 0.815. The first kappa shape index (κ1) is 13.1. The molecule has 1 aromatic rings. The Labute approximate surface area is 118 Å². The molecule has 2 N–H and O–H groups in total. The summed E-state index contributed by atoms with van der Waals surface area (Å²) in [5.74, 6) is -0.116. The van der Waals surface area contributed by atoms with E-state index in [1.165, 1.54) is 0 Å². The molecular formula is C15H19N3O2. The van der Waals surface area contributed by atoms with E-state index in [9.17, 15) is 9.59 Å². The molecule has 0 unspecified atom stereocenters. The first-order chi connectivity index (χ1) is 9.67. The summed E-state index contributed by atoms with van der Waals surface area (Å²) in [6.07, 6.45) is 8.13. The number of hydrogen-bond donors (Lipinski definition) is 2. The highest BCUT2D eigenvalue weighted by Gasteiger charge is 2.51. The lowest BCUT2D eigenvalue weighted by molar-refractivity contribution is -0.111. The average Bonchev–Trinajstić information content (AvgIpc) is 2.71. The minimum atomic E-state index is -0.178. The van der Waals surface area contributed by atoms with Crippen LogP contribution in [0.1, 0.15) is 49.0 Å². The van der Waals surface area contributed by atoms with Crippen molar-refractivity contribution in [2.24, 2.45) is 0 Å². The van der Waals surface area contributed by atoms with Crippen molar-refractivity contribution in [1.29, 1.82) is 0 Å². The number of carbonyl (C=O) groups excluding carboxylic acids is 2. The Morgan fingerprint density at radius 3 is 2.75 bits per heavy atom. The monoisotopic (exact) mass is 273 g/mol. The molecule has 2 aliphatic rings. The van der Waals surface area contributed by atoms with Gasteiger partial charge in [0.1, 0.15) is 5.69 Å². The highest BCUT2D eigenvalue weighted by Crippen LogP contribution is 2.47. The standard InChI is InChI=1S/C15H19N3O2/c19-11-17-14-5-3-6-15(10-14,8-7-14)18-13(20)12-4-1-2-9-16-12/h1-2,4,9,11H,3,5-8,10H2,(H,17,19)(H,18,20)/t14-,15+/m1/s1. The summed E-state index contributed by atoms with van der Waals surface area (Å²) in [6, 6.07) is 5.33. The van der Waals surface area contributed by atoms with Gasteiger partial charge in [-0.15, -0.1) is 0 Å². The lowest BCUT2D eigenvalue weighted by atomic mass is 9.78. The van der Waals surface area contributed by atoms with E-state index < -0.39 is 0 Å². The molecule has 2 atom stereocenters. The van der Waals surface area contributed by atoms with Crippen LogP contribution in [0, 0.1) is 0 Å². The van der Waals surface area contributed by atoms with Crippen molar-refractivity contribution in [1.82, 2.24) is 15.6 Å². The van der Waals surface area contributed by atoms with Gasteiger partial charge in [-0.1, -0.05) is 6.07 Å². The number of carbonyl (C=O) groups is 2. The maximum atomic E-state index is 12.3. The van der Waals surface area contributed by atoms with Gasteiger partial charge in [-0.2, -0.15) is 0 Å².